The lowest BCUT2D eigenvalue weighted by atomic mass is 9.86. The van der Waals surface area contributed by atoms with Gasteiger partial charge in [0.25, 0.3) is 0 Å². The maximum Gasteiger partial charge on any atom is 0.408 e. The molecule has 2 atom stereocenters. The molecule has 0 saturated carbocycles. The fraction of sp³-hybridized carbons (Fsp3) is 0.462. The normalized spacial score (nSPS) is 22.9. The van der Waals surface area contributed by atoms with E-state index in [0.717, 1.165) is 43.6 Å². The lowest BCUT2D eigenvalue weighted by molar-refractivity contribution is -0.148. The molecule has 3 heterocycles. The molecule has 7 heteroatoms. The summed E-state index contributed by atoms with van der Waals surface area (Å²) in [5, 5.41) is 12.4. The summed E-state index contributed by atoms with van der Waals surface area (Å²) in [6.45, 7) is 6.26. The third-order valence-corrected chi connectivity index (χ3v) is 6.62. The fourth-order valence-corrected chi connectivity index (χ4v) is 4.45. The van der Waals surface area contributed by atoms with Crippen molar-refractivity contribution in [1.82, 2.24) is 10.2 Å². The Kier molecular flexibility index (Phi) is 6.88. The summed E-state index contributed by atoms with van der Waals surface area (Å²) >= 11 is 0. The van der Waals surface area contributed by atoms with E-state index in [2.05, 4.69) is 10.2 Å². The maximum absolute atomic E-state index is 12.9. The molecule has 7 nitrogen and oxygen atoms in total. The largest absolute Gasteiger partial charge is 0.492 e. The van der Waals surface area contributed by atoms with Crippen molar-refractivity contribution in [2.75, 3.05) is 26.2 Å². The molecule has 2 aromatic carbocycles. The first-order valence-corrected chi connectivity index (χ1v) is 11.5. The smallest absolute Gasteiger partial charge is 0.408 e. The Bertz CT molecular complexity index is 970. The quantitative estimate of drug-likeness (QED) is 0.627. The molecule has 3 aliphatic heterocycles. The van der Waals surface area contributed by atoms with Crippen LogP contribution >= 0.6 is 0 Å². The lowest BCUT2D eigenvalue weighted by Crippen LogP contribution is -2.52. The molecule has 3 fully saturated rings. The second-order valence-electron chi connectivity index (χ2n) is 9.62. The van der Waals surface area contributed by atoms with Gasteiger partial charge in [-0.25, -0.2) is 4.79 Å². The fourth-order valence-electron chi connectivity index (χ4n) is 4.45. The molecule has 2 aromatic rings. The van der Waals surface area contributed by atoms with E-state index >= 15 is 0 Å². The second-order valence-corrected chi connectivity index (χ2v) is 9.62. The number of aliphatic carboxylic acids is 1. The number of carbonyl (C=O) groups is 2. The molecule has 3 aliphatic rings. The zero-order valence-electron chi connectivity index (χ0n) is 19.2. The van der Waals surface area contributed by atoms with Crippen molar-refractivity contribution < 1.29 is 24.2 Å². The zero-order chi connectivity index (χ0) is 23.4. The van der Waals surface area contributed by atoms with Crippen LogP contribution in [0.15, 0.2) is 54.6 Å². The minimum atomic E-state index is -1.01. The number of fused-ring (bicyclic) bond motifs is 3. The summed E-state index contributed by atoms with van der Waals surface area (Å²) < 4.78 is 11.6. The van der Waals surface area contributed by atoms with Crippen molar-refractivity contribution in [3.05, 3.63) is 65.7 Å². The van der Waals surface area contributed by atoms with Gasteiger partial charge in [0.05, 0.1) is 11.5 Å². The van der Waals surface area contributed by atoms with E-state index in [1.165, 1.54) is 0 Å². The summed E-state index contributed by atoms with van der Waals surface area (Å²) in [5.41, 5.74) is 0.746. The van der Waals surface area contributed by atoms with Gasteiger partial charge in [-0.15, -0.1) is 0 Å². The number of ether oxygens (including phenoxy) is 2. The number of nitrogens with one attached hydrogen (secondary N) is 1. The number of nitrogens with zero attached hydrogens (tertiary/aromatic N) is 1. The number of rotatable bonds is 8. The molecule has 176 valence electrons. The van der Waals surface area contributed by atoms with Crippen LogP contribution < -0.4 is 10.1 Å². The average molecular weight is 453 g/mol. The van der Waals surface area contributed by atoms with Gasteiger partial charge in [0.1, 0.15) is 18.5 Å². The summed E-state index contributed by atoms with van der Waals surface area (Å²) in [4.78, 5) is 26.7. The van der Waals surface area contributed by atoms with E-state index in [9.17, 15) is 14.7 Å². The predicted molar refractivity (Wildman–Crippen MR) is 124 cm³/mol. The van der Waals surface area contributed by atoms with Crippen molar-refractivity contribution in [2.45, 2.75) is 38.8 Å². The molecular weight excluding hydrogens is 420 g/mol. The minimum absolute atomic E-state index is 0.0385. The monoisotopic (exact) mass is 452 g/mol. The van der Waals surface area contributed by atoms with Crippen LogP contribution in [0.1, 0.15) is 43.9 Å². The van der Waals surface area contributed by atoms with Gasteiger partial charge in [-0.05, 0) is 69.0 Å². The Morgan fingerprint density at radius 3 is 2.42 bits per heavy atom. The van der Waals surface area contributed by atoms with Gasteiger partial charge in [0.15, 0.2) is 0 Å². The Morgan fingerprint density at radius 1 is 1.09 bits per heavy atom. The minimum Gasteiger partial charge on any atom is -0.492 e. The van der Waals surface area contributed by atoms with Crippen LogP contribution in [0, 0.1) is 11.3 Å². The summed E-state index contributed by atoms with van der Waals surface area (Å²) in [5.74, 6) is 0.0681. The molecule has 2 bridgehead atoms. The Hall–Kier alpha value is -3.06. The van der Waals surface area contributed by atoms with Crippen LogP contribution in [0.2, 0.25) is 0 Å². The highest BCUT2D eigenvalue weighted by Gasteiger charge is 2.37. The molecule has 0 aliphatic carbocycles. The molecule has 0 aromatic heterocycles. The molecule has 0 spiro atoms. The summed E-state index contributed by atoms with van der Waals surface area (Å²) in [7, 11) is 0. The highest BCUT2D eigenvalue weighted by Crippen LogP contribution is 2.31. The zero-order valence-corrected chi connectivity index (χ0v) is 19.2. The van der Waals surface area contributed by atoms with E-state index in [4.69, 9.17) is 9.47 Å². The maximum atomic E-state index is 12.9. The highest BCUT2D eigenvalue weighted by molar-refractivity contribution is 5.73. The average Bonchev–Trinajstić information content (AvgIpc) is 2.83. The molecule has 1 amide bonds. The number of hydrogen-bond acceptors (Lipinski definition) is 5. The van der Waals surface area contributed by atoms with Gasteiger partial charge < -0.3 is 19.9 Å². The van der Waals surface area contributed by atoms with Crippen LogP contribution in [0.25, 0.3) is 0 Å². The Labute approximate surface area is 194 Å². The van der Waals surface area contributed by atoms with Gasteiger partial charge >= 0.3 is 12.1 Å². The van der Waals surface area contributed by atoms with E-state index < -0.39 is 23.5 Å². The van der Waals surface area contributed by atoms with Gasteiger partial charge in [-0.3, -0.25) is 9.69 Å². The van der Waals surface area contributed by atoms with Crippen molar-refractivity contribution in [3.8, 4) is 5.75 Å². The lowest BCUT2D eigenvalue weighted by Gasteiger charge is -2.43. The number of benzene rings is 2. The van der Waals surface area contributed by atoms with Crippen LogP contribution in [0.3, 0.4) is 0 Å². The van der Waals surface area contributed by atoms with Crippen LogP contribution in [0.5, 0.6) is 5.75 Å². The first-order valence-electron chi connectivity index (χ1n) is 11.5. The number of hydrogen-bond donors (Lipinski definition) is 2. The van der Waals surface area contributed by atoms with Crippen LogP contribution in [-0.4, -0.2) is 54.4 Å². The SMILES string of the molecule is CC(C)(COc1cccc(C(NC(=O)OC2CN3CCC2CC3)c2ccccc2)c1)C(=O)O. The van der Waals surface area contributed by atoms with Gasteiger partial charge in [-0.2, -0.15) is 0 Å². The van der Waals surface area contributed by atoms with Gasteiger partial charge in [-0.1, -0.05) is 42.5 Å². The number of alkyl carbamates (subject to hydrolysis) is 1. The van der Waals surface area contributed by atoms with Gasteiger partial charge in [0, 0.05) is 6.54 Å². The number of amides is 1. The van der Waals surface area contributed by atoms with E-state index in [-0.39, 0.29) is 12.7 Å². The van der Waals surface area contributed by atoms with E-state index in [1.54, 1.807) is 19.9 Å². The number of carboxylic acids is 1. The molecule has 33 heavy (non-hydrogen) atoms. The topological polar surface area (TPSA) is 88.1 Å². The van der Waals surface area contributed by atoms with Crippen molar-refractivity contribution >= 4 is 12.1 Å². The van der Waals surface area contributed by atoms with Crippen molar-refractivity contribution in [3.63, 3.8) is 0 Å². The van der Waals surface area contributed by atoms with E-state index in [1.807, 2.05) is 48.5 Å². The number of carboxylic acid groups (broad SMARTS) is 1. The standard InChI is InChI=1S/C26H32N2O5/c1-26(2,24(29)30)17-32-21-10-6-9-20(15-21)23(19-7-4-3-5-8-19)27-25(31)33-22-16-28-13-11-18(22)12-14-28/h3-10,15,18,22-23H,11-14,16-17H2,1-2H3,(H,27,31)(H,29,30). The summed E-state index contributed by atoms with van der Waals surface area (Å²) in [6, 6.07) is 16.7. The Balaban J connectivity index is 1.49. The van der Waals surface area contributed by atoms with Crippen LogP contribution in [-0.2, 0) is 9.53 Å². The Morgan fingerprint density at radius 2 is 1.79 bits per heavy atom. The third-order valence-electron chi connectivity index (χ3n) is 6.62. The molecule has 0 radical (unpaired) electrons. The first kappa shape index (κ1) is 23.1. The third kappa shape index (κ3) is 5.66. The second kappa shape index (κ2) is 9.83. The molecule has 2 N–H and O–H groups in total. The van der Waals surface area contributed by atoms with E-state index in [0.29, 0.717) is 11.7 Å². The molecule has 5 rings (SSSR count). The predicted octanol–water partition coefficient (Wildman–Crippen LogP) is 4.09. The highest BCUT2D eigenvalue weighted by atomic mass is 16.6. The summed E-state index contributed by atoms with van der Waals surface area (Å²) in [6.07, 6.45) is 1.65. The van der Waals surface area contributed by atoms with Crippen molar-refractivity contribution in [2.24, 2.45) is 11.3 Å². The first-order chi connectivity index (χ1) is 15.8. The molecule has 2 unspecified atom stereocenters. The van der Waals surface area contributed by atoms with Crippen LogP contribution in [0.4, 0.5) is 4.79 Å². The van der Waals surface area contributed by atoms with Crippen molar-refractivity contribution in [1.29, 1.82) is 0 Å². The van der Waals surface area contributed by atoms with Gasteiger partial charge in [0.2, 0.25) is 0 Å². The number of carbonyl (C=O) groups excluding carboxylic acids is 1. The molecule has 3 saturated heterocycles. The molecular formula is C26H32N2O5. The number of piperidine rings is 3.